The van der Waals surface area contributed by atoms with Crippen LogP contribution in [0, 0.1) is 18.8 Å². The van der Waals surface area contributed by atoms with Crippen LogP contribution in [0.3, 0.4) is 0 Å². The number of carboxylic acid groups (broad SMARTS) is 1. The Balaban J connectivity index is 1.75. The predicted octanol–water partition coefficient (Wildman–Crippen LogP) is 2.48. The van der Waals surface area contributed by atoms with Crippen LogP contribution in [0.25, 0.3) is 5.65 Å². The van der Waals surface area contributed by atoms with E-state index < -0.39 is 5.97 Å². The fourth-order valence-electron chi connectivity index (χ4n) is 3.32. The molecule has 0 aliphatic heterocycles. The van der Waals surface area contributed by atoms with E-state index in [1.807, 2.05) is 19.2 Å². The minimum atomic E-state index is -0.653. The molecule has 3 rings (SSSR count). The van der Waals surface area contributed by atoms with Crippen molar-refractivity contribution in [3.63, 3.8) is 0 Å². The lowest BCUT2D eigenvalue weighted by Gasteiger charge is -2.26. The lowest BCUT2D eigenvalue weighted by Crippen LogP contribution is -2.22. The molecule has 0 saturated heterocycles. The number of ether oxygens (including phenoxy) is 1. The molecule has 22 heavy (non-hydrogen) atoms. The van der Waals surface area contributed by atoms with Gasteiger partial charge in [0.1, 0.15) is 5.82 Å². The highest BCUT2D eigenvalue weighted by Crippen LogP contribution is 2.32. The summed E-state index contributed by atoms with van der Waals surface area (Å²) >= 11 is 0. The first-order valence-corrected chi connectivity index (χ1v) is 7.69. The van der Waals surface area contributed by atoms with Crippen molar-refractivity contribution >= 4 is 11.6 Å². The van der Waals surface area contributed by atoms with Gasteiger partial charge in [0, 0.05) is 6.20 Å². The topological polar surface area (TPSA) is 76.7 Å². The summed E-state index contributed by atoms with van der Waals surface area (Å²) < 4.78 is 7.19. The molecule has 1 N–H and O–H groups in total. The van der Waals surface area contributed by atoms with Crippen molar-refractivity contribution in [1.82, 2.24) is 14.6 Å². The maximum atomic E-state index is 11.0. The number of carboxylic acids is 1. The molecular formula is C16H21N3O3. The van der Waals surface area contributed by atoms with Crippen LogP contribution in [0.2, 0.25) is 0 Å². The van der Waals surface area contributed by atoms with E-state index >= 15 is 0 Å². The molecule has 118 valence electrons. The molecule has 2 aromatic rings. The molecule has 0 unspecified atom stereocenters. The monoisotopic (exact) mass is 303 g/mol. The zero-order valence-electron chi connectivity index (χ0n) is 13.0. The Morgan fingerprint density at radius 2 is 2.14 bits per heavy atom. The van der Waals surface area contributed by atoms with Gasteiger partial charge in [-0.05, 0) is 56.6 Å². The molecule has 0 atom stereocenters. The average Bonchev–Trinajstić information content (AvgIpc) is 2.87. The summed E-state index contributed by atoms with van der Waals surface area (Å²) in [6, 6.07) is 2.02. The van der Waals surface area contributed by atoms with Crippen molar-refractivity contribution in [2.24, 2.45) is 11.8 Å². The Morgan fingerprint density at radius 3 is 2.77 bits per heavy atom. The smallest absolute Gasteiger partial charge is 0.306 e. The minimum absolute atomic E-state index is 0.161. The number of pyridine rings is 1. The molecular weight excluding hydrogens is 282 g/mol. The largest absolute Gasteiger partial charge is 0.493 e. The average molecular weight is 303 g/mol. The van der Waals surface area contributed by atoms with Gasteiger partial charge in [-0.2, -0.15) is 5.10 Å². The van der Waals surface area contributed by atoms with E-state index in [0.717, 1.165) is 54.9 Å². The maximum absolute atomic E-state index is 11.0. The van der Waals surface area contributed by atoms with E-state index in [0.29, 0.717) is 5.92 Å². The zero-order valence-corrected chi connectivity index (χ0v) is 13.0. The third-order valence-electron chi connectivity index (χ3n) is 4.50. The molecule has 6 nitrogen and oxygen atoms in total. The standard InChI is InChI=1S/C16H21N3O3/c1-10-17-15-14(22-2)8-12(9-19(15)18-10)7-11-3-5-13(6-4-11)16(20)21/h8-9,11,13H,3-7H2,1-2H3,(H,20,21). The number of nitrogens with zero attached hydrogens (tertiary/aromatic N) is 3. The van der Waals surface area contributed by atoms with Crippen LogP contribution >= 0.6 is 0 Å². The molecule has 6 heteroatoms. The SMILES string of the molecule is COc1cc(CC2CCC(C(=O)O)CC2)cn2nc(C)nc12. The van der Waals surface area contributed by atoms with E-state index in [9.17, 15) is 4.79 Å². The molecule has 2 aromatic heterocycles. The number of carbonyl (C=O) groups is 1. The van der Waals surface area contributed by atoms with Crippen molar-refractivity contribution in [3.8, 4) is 5.75 Å². The number of aryl methyl sites for hydroxylation is 1. The highest BCUT2D eigenvalue weighted by molar-refractivity contribution is 5.70. The van der Waals surface area contributed by atoms with Gasteiger partial charge >= 0.3 is 5.97 Å². The van der Waals surface area contributed by atoms with Gasteiger partial charge in [0.2, 0.25) is 0 Å². The lowest BCUT2D eigenvalue weighted by molar-refractivity contribution is -0.143. The van der Waals surface area contributed by atoms with Crippen molar-refractivity contribution < 1.29 is 14.6 Å². The summed E-state index contributed by atoms with van der Waals surface area (Å²) in [5.41, 5.74) is 1.89. The Kier molecular flexibility index (Phi) is 4.00. The van der Waals surface area contributed by atoms with Gasteiger partial charge in [-0.25, -0.2) is 9.50 Å². The highest BCUT2D eigenvalue weighted by atomic mass is 16.5. The molecule has 0 bridgehead atoms. The Morgan fingerprint density at radius 1 is 1.41 bits per heavy atom. The van der Waals surface area contributed by atoms with Crippen LogP contribution in [-0.2, 0) is 11.2 Å². The number of fused-ring (bicyclic) bond motifs is 1. The van der Waals surface area contributed by atoms with E-state index in [-0.39, 0.29) is 5.92 Å². The summed E-state index contributed by atoms with van der Waals surface area (Å²) in [6.45, 7) is 1.86. The van der Waals surface area contributed by atoms with Gasteiger partial charge in [-0.1, -0.05) is 0 Å². The van der Waals surface area contributed by atoms with Gasteiger partial charge in [0.05, 0.1) is 13.0 Å². The molecule has 1 aliphatic carbocycles. The van der Waals surface area contributed by atoms with Crippen molar-refractivity contribution in [1.29, 1.82) is 0 Å². The first-order chi connectivity index (χ1) is 10.6. The molecule has 1 aliphatic rings. The summed E-state index contributed by atoms with van der Waals surface area (Å²) in [4.78, 5) is 15.4. The number of aromatic nitrogens is 3. The molecule has 1 saturated carbocycles. The number of hydrogen-bond donors (Lipinski definition) is 1. The van der Waals surface area contributed by atoms with Gasteiger partial charge in [0.25, 0.3) is 0 Å². The predicted molar refractivity (Wildman–Crippen MR) is 81.1 cm³/mol. The Labute approximate surface area is 129 Å². The van der Waals surface area contributed by atoms with E-state index in [1.165, 1.54) is 0 Å². The summed E-state index contributed by atoms with van der Waals surface area (Å²) in [7, 11) is 1.64. The van der Waals surface area contributed by atoms with Crippen LogP contribution in [0.15, 0.2) is 12.3 Å². The summed E-state index contributed by atoms with van der Waals surface area (Å²) in [5, 5.41) is 13.4. The van der Waals surface area contributed by atoms with Gasteiger partial charge in [-0.15, -0.1) is 0 Å². The van der Waals surface area contributed by atoms with Crippen LogP contribution in [0.4, 0.5) is 0 Å². The highest BCUT2D eigenvalue weighted by Gasteiger charge is 2.26. The first kappa shape index (κ1) is 14.8. The Bertz CT molecular complexity index is 687. The number of aliphatic carboxylic acids is 1. The van der Waals surface area contributed by atoms with Crippen LogP contribution < -0.4 is 4.74 Å². The first-order valence-electron chi connectivity index (χ1n) is 7.69. The van der Waals surface area contributed by atoms with E-state index in [2.05, 4.69) is 10.1 Å². The van der Waals surface area contributed by atoms with E-state index in [1.54, 1.807) is 11.6 Å². The van der Waals surface area contributed by atoms with Crippen LogP contribution in [-0.4, -0.2) is 32.8 Å². The molecule has 0 spiro atoms. The lowest BCUT2D eigenvalue weighted by atomic mass is 9.79. The van der Waals surface area contributed by atoms with Crippen molar-refractivity contribution in [2.45, 2.75) is 39.0 Å². The second-order valence-electron chi connectivity index (χ2n) is 6.10. The van der Waals surface area contributed by atoms with Crippen LogP contribution in [0.5, 0.6) is 5.75 Å². The maximum Gasteiger partial charge on any atom is 0.306 e. The fraction of sp³-hybridized carbons (Fsp3) is 0.562. The van der Waals surface area contributed by atoms with Crippen molar-refractivity contribution in [2.75, 3.05) is 7.11 Å². The number of rotatable bonds is 4. The third-order valence-corrected chi connectivity index (χ3v) is 4.50. The molecule has 2 heterocycles. The number of methoxy groups -OCH3 is 1. The van der Waals surface area contributed by atoms with Gasteiger partial charge in [-0.3, -0.25) is 4.79 Å². The van der Waals surface area contributed by atoms with Gasteiger partial charge in [0.15, 0.2) is 11.4 Å². The zero-order chi connectivity index (χ0) is 15.7. The van der Waals surface area contributed by atoms with Crippen LogP contribution in [0.1, 0.15) is 37.1 Å². The van der Waals surface area contributed by atoms with Gasteiger partial charge < -0.3 is 9.84 Å². The summed E-state index contributed by atoms with van der Waals surface area (Å²) in [6.07, 6.45) is 6.42. The van der Waals surface area contributed by atoms with Crippen molar-refractivity contribution in [3.05, 3.63) is 23.7 Å². The normalized spacial score (nSPS) is 21.9. The molecule has 0 amide bonds. The molecule has 0 radical (unpaired) electrons. The second kappa shape index (κ2) is 5.94. The second-order valence-corrected chi connectivity index (χ2v) is 6.10. The Hall–Kier alpha value is -2.11. The minimum Gasteiger partial charge on any atom is -0.493 e. The molecule has 0 aromatic carbocycles. The fourth-order valence-corrected chi connectivity index (χ4v) is 3.32. The third kappa shape index (κ3) is 2.91. The quantitative estimate of drug-likeness (QED) is 0.939. The van der Waals surface area contributed by atoms with E-state index in [4.69, 9.17) is 9.84 Å². The summed E-state index contributed by atoms with van der Waals surface area (Å²) in [5.74, 6) is 1.17. The molecule has 1 fully saturated rings. The number of hydrogen-bond acceptors (Lipinski definition) is 4.